The van der Waals surface area contributed by atoms with Gasteiger partial charge in [-0.25, -0.2) is 4.98 Å². The lowest BCUT2D eigenvalue weighted by Crippen LogP contribution is -2.26. The number of H-pyrrole nitrogens is 1. The van der Waals surface area contributed by atoms with Crippen LogP contribution in [0.4, 0.5) is 5.69 Å². The summed E-state index contributed by atoms with van der Waals surface area (Å²) in [4.78, 5) is 17.2. The van der Waals surface area contributed by atoms with Gasteiger partial charge in [0.25, 0.3) is 0 Å². The van der Waals surface area contributed by atoms with Crippen molar-refractivity contribution in [2.45, 2.75) is 32.9 Å². The van der Waals surface area contributed by atoms with E-state index in [4.69, 9.17) is 4.74 Å². The zero-order valence-electron chi connectivity index (χ0n) is 15.8. The van der Waals surface area contributed by atoms with E-state index in [2.05, 4.69) is 34.3 Å². The third kappa shape index (κ3) is 4.83. The molecule has 3 rings (SSSR count). The number of nitrogens with zero attached hydrogens (tertiary/aromatic N) is 3. The number of carbonyl (C=O) groups excluding carboxylic acids is 1. The Morgan fingerprint density at radius 3 is 2.56 bits per heavy atom. The van der Waals surface area contributed by atoms with E-state index in [1.807, 2.05) is 53.4 Å². The average Bonchev–Trinajstić information content (AvgIpc) is 3.32. The van der Waals surface area contributed by atoms with Gasteiger partial charge in [0.2, 0.25) is 5.91 Å². The van der Waals surface area contributed by atoms with Crippen LogP contribution in [-0.4, -0.2) is 32.8 Å². The Morgan fingerprint density at radius 1 is 1.22 bits per heavy atom. The van der Waals surface area contributed by atoms with Gasteiger partial charge in [0.1, 0.15) is 12.6 Å². The largest absolute Gasteiger partial charge is 0.377 e. The second-order valence-corrected chi connectivity index (χ2v) is 6.88. The number of methoxy groups -OCH3 is 1. The molecule has 0 saturated carbocycles. The summed E-state index contributed by atoms with van der Waals surface area (Å²) in [6.45, 7) is 4.62. The fourth-order valence-corrected chi connectivity index (χ4v) is 2.92. The van der Waals surface area contributed by atoms with Crippen LogP contribution in [0.5, 0.6) is 0 Å². The van der Waals surface area contributed by atoms with Gasteiger partial charge >= 0.3 is 0 Å². The van der Waals surface area contributed by atoms with Crippen LogP contribution in [0.25, 0.3) is 11.4 Å². The number of hydrogen-bond acceptors (Lipinski definition) is 4. The lowest BCUT2D eigenvalue weighted by atomic mass is 10.0. The molecule has 2 aromatic heterocycles. The van der Waals surface area contributed by atoms with Crippen LogP contribution in [-0.2, 0) is 16.1 Å². The van der Waals surface area contributed by atoms with Gasteiger partial charge < -0.3 is 14.6 Å². The maximum Gasteiger partial charge on any atom is 0.247 e. The van der Waals surface area contributed by atoms with Gasteiger partial charge in [-0.05, 0) is 48.7 Å². The first-order valence-corrected chi connectivity index (χ1v) is 9.00. The molecule has 0 aliphatic carbocycles. The number of benzene rings is 1. The van der Waals surface area contributed by atoms with Crippen molar-refractivity contribution in [1.29, 1.82) is 0 Å². The number of carbonyl (C=O) groups is 1. The van der Waals surface area contributed by atoms with Crippen molar-refractivity contribution in [3.63, 3.8) is 0 Å². The standard InChI is InChI=1S/C20H25N5O2/c1-14(2)12-17(25-10-4-5-11-25)20(26)21-16-8-6-15(7-9-16)19-22-18(13-27-3)23-24-19/h4-11,14,17H,12-13H2,1-3H3,(H,21,26)(H,22,23,24). The SMILES string of the molecule is COCc1nc(-c2ccc(NC(=O)C(CC(C)C)n3cccc3)cc2)n[nH]1. The van der Waals surface area contributed by atoms with Crippen LogP contribution < -0.4 is 5.32 Å². The molecule has 0 fully saturated rings. The molecule has 1 unspecified atom stereocenters. The van der Waals surface area contributed by atoms with Gasteiger partial charge in [0.15, 0.2) is 11.6 Å². The second-order valence-electron chi connectivity index (χ2n) is 6.88. The molecule has 2 heterocycles. The molecule has 0 spiro atoms. The number of rotatable bonds is 8. The fraction of sp³-hybridized carbons (Fsp3) is 0.350. The van der Waals surface area contributed by atoms with Crippen molar-refractivity contribution in [2.75, 3.05) is 12.4 Å². The van der Waals surface area contributed by atoms with E-state index in [1.54, 1.807) is 7.11 Å². The van der Waals surface area contributed by atoms with Crippen LogP contribution >= 0.6 is 0 Å². The minimum absolute atomic E-state index is 0.0204. The first kappa shape index (κ1) is 18.8. The van der Waals surface area contributed by atoms with Crippen LogP contribution in [0, 0.1) is 5.92 Å². The first-order valence-electron chi connectivity index (χ1n) is 9.00. The molecule has 27 heavy (non-hydrogen) atoms. The summed E-state index contributed by atoms with van der Waals surface area (Å²) >= 11 is 0. The molecule has 1 aromatic carbocycles. The summed E-state index contributed by atoms with van der Waals surface area (Å²) in [5, 5.41) is 10.0. The summed E-state index contributed by atoms with van der Waals surface area (Å²) in [6, 6.07) is 11.1. The molecule has 0 saturated heterocycles. The van der Waals surface area contributed by atoms with Gasteiger partial charge in [-0.15, -0.1) is 0 Å². The average molecular weight is 367 g/mol. The molecule has 1 atom stereocenters. The second kappa shape index (κ2) is 8.64. The minimum atomic E-state index is -0.232. The van der Waals surface area contributed by atoms with Crippen molar-refractivity contribution in [2.24, 2.45) is 5.92 Å². The fourth-order valence-electron chi connectivity index (χ4n) is 2.92. The minimum Gasteiger partial charge on any atom is -0.377 e. The van der Waals surface area contributed by atoms with Crippen LogP contribution in [0.2, 0.25) is 0 Å². The quantitative estimate of drug-likeness (QED) is 0.636. The Balaban J connectivity index is 1.70. The first-order chi connectivity index (χ1) is 13.1. The van der Waals surface area contributed by atoms with Crippen molar-refractivity contribution >= 4 is 11.6 Å². The van der Waals surface area contributed by atoms with E-state index >= 15 is 0 Å². The molecule has 2 N–H and O–H groups in total. The maximum atomic E-state index is 12.8. The van der Waals surface area contributed by atoms with Crippen molar-refractivity contribution in [3.8, 4) is 11.4 Å². The van der Waals surface area contributed by atoms with E-state index in [1.165, 1.54) is 0 Å². The Hall–Kier alpha value is -2.93. The van der Waals surface area contributed by atoms with E-state index in [9.17, 15) is 4.79 Å². The lowest BCUT2D eigenvalue weighted by Gasteiger charge is -2.20. The molecule has 0 radical (unpaired) electrons. The van der Waals surface area contributed by atoms with Crippen LogP contribution in [0.15, 0.2) is 48.8 Å². The highest BCUT2D eigenvalue weighted by Gasteiger charge is 2.21. The van der Waals surface area contributed by atoms with Crippen molar-refractivity contribution in [3.05, 3.63) is 54.6 Å². The number of nitrogens with one attached hydrogen (secondary N) is 2. The lowest BCUT2D eigenvalue weighted by molar-refractivity contribution is -0.119. The molecule has 0 aliphatic heterocycles. The number of amides is 1. The molecular formula is C20H25N5O2. The van der Waals surface area contributed by atoms with Gasteiger partial charge in [-0.3, -0.25) is 9.89 Å². The zero-order chi connectivity index (χ0) is 19.2. The highest BCUT2D eigenvalue weighted by Crippen LogP contribution is 2.22. The van der Waals surface area contributed by atoms with Crippen molar-refractivity contribution < 1.29 is 9.53 Å². The van der Waals surface area contributed by atoms with Gasteiger partial charge in [-0.1, -0.05) is 13.8 Å². The Morgan fingerprint density at radius 2 is 1.93 bits per heavy atom. The Labute approximate surface area is 158 Å². The third-order valence-corrected chi connectivity index (χ3v) is 4.21. The van der Waals surface area contributed by atoms with E-state index in [0.29, 0.717) is 24.2 Å². The topological polar surface area (TPSA) is 84.8 Å². The van der Waals surface area contributed by atoms with E-state index in [-0.39, 0.29) is 11.9 Å². The van der Waals surface area contributed by atoms with Gasteiger partial charge in [0, 0.05) is 30.8 Å². The molecular weight excluding hydrogens is 342 g/mol. The smallest absolute Gasteiger partial charge is 0.247 e. The number of aromatic nitrogens is 4. The zero-order valence-corrected chi connectivity index (χ0v) is 15.8. The summed E-state index contributed by atoms with van der Waals surface area (Å²) in [7, 11) is 1.61. The summed E-state index contributed by atoms with van der Waals surface area (Å²) in [6.07, 6.45) is 4.63. The summed E-state index contributed by atoms with van der Waals surface area (Å²) in [5.41, 5.74) is 1.62. The van der Waals surface area contributed by atoms with E-state index < -0.39 is 0 Å². The number of aromatic amines is 1. The molecule has 142 valence electrons. The summed E-state index contributed by atoms with van der Waals surface area (Å²) < 4.78 is 6.99. The normalized spacial score (nSPS) is 12.3. The molecule has 0 bridgehead atoms. The van der Waals surface area contributed by atoms with Gasteiger partial charge in [0.05, 0.1) is 0 Å². The highest BCUT2D eigenvalue weighted by atomic mass is 16.5. The maximum absolute atomic E-state index is 12.8. The predicted molar refractivity (Wildman–Crippen MR) is 104 cm³/mol. The van der Waals surface area contributed by atoms with Crippen LogP contribution in [0.1, 0.15) is 32.1 Å². The van der Waals surface area contributed by atoms with Crippen LogP contribution in [0.3, 0.4) is 0 Å². The Kier molecular flexibility index (Phi) is 6.03. The third-order valence-electron chi connectivity index (χ3n) is 4.21. The predicted octanol–water partition coefficient (Wildman–Crippen LogP) is 3.65. The van der Waals surface area contributed by atoms with E-state index in [0.717, 1.165) is 17.7 Å². The number of anilines is 1. The number of hydrogen-bond donors (Lipinski definition) is 2. The molecule has 7 nitrogen and oxygen atoms in total. The Bertz CT molecular complexity index is 853. The molecule has 0 aliphatic rings. The molecule has 1 amide bonds. The highest BCUT2D eigenvalue weighted by molar-refractivity contribution is 5.93. The van der Waals surface area contributed by atoms with Gasteiger partial charge in [-0.2, -0.15) is 5.10 Å². The monoisotopic (exact) mass is 367 g/mol. The molecule has 7 heteroatoms. The summed E-state index contributed by atoms with van der Waals surface area (Å²) in [5.74, 6) is 1.67. The van der Waals surface area contributed by atoms with Crippen molar-refractivity contribution in [1.82, 2.24) is 19.7 Å². The molecule has 3 aromatic rings. The number of ether oxygens (including phenoxy) is 1.